The fraction of sp³-hybridized carbons (Fsp3) is 0.207. The molecule has 0 unspecified atom stereocenters. The molecule has 3 aromatic carbocycles. The first kappa shape index (κ1) is 26.2. The number of ether oxygens (including phenoxy) is 3. The normalized spacial score (nSPS) is 12.2. The summed E-state index contributed by atoms with van der Waals surface area (Å²) in [5.41, 5.74) is 3.73. The Hall–Kier alpha value is -4.44. The molecule has 0 atom stereocenters. The molecule has 200 valence electrons. The van der Waals surface area contributed by atoms with Crippen LogP contribution < -0.4 is 24.4 Å². The molecule has 0 radical (unpaired) electrons. The van der Waals surface area contributed by atoms with E-state index in [0.29, 0.717) is 40.9 Å². The van der Waals surface area contributed by atoms with Crippen LogP contribution in [-0.4, -0.2) is 44.7 Å². The van der Waals surface area contributed by atoms with E-state index < -0.39 is 5.82 Å². The number of anilines is 2. The molecule has 1 aliphatic rings. The Morgan fingerprint density at radius 3 is 2.38 bits per heavy atom. The average Bonchev–Trinajstić information content (AvgIpc) is 3.54. The number of rotatable bonds is 7. The number of aryl methyl sites for hydroxylation is 1. The molecule has 1 aliphatic heterocycles. The lowest BCUT2D eigenvalue weighted by Gasteiger charge is -2.18. The van der Waals surface area contributed by atoms with Crippen molar-refractivity contribution in [2.45, 2.75) is 13.3 Å². The Balaban J connectivity index is 1.37. The van der Waals surface area contributed by atoms with E-state index in [1.165, 1.54) is 44.8 Å². The van der Waals surface area contributed by atoms with Crippen molar-refractivity contribution in [2.75, 3.05) is 38.1 Å². The summed E-state index contributed by atoms with van der Waals surface area (Å²) < 4.78 is 30.2. The van der Waals surface area contributed by atoms with E-state index in [-0.39, 0.29) is 17.4 Å². The first-order chi connectivity index (χ1) is 18.8. The molecule has 0 fully saturated rings. The van der Waals surface area contributed by atoms with Crippen LogP contribution in [0.4, 0.5) is 15.2 Å². The number of nitrogens with one attached hydrogen (secondary N) is 1. The van der Waals surface area contributed by atoms with Crippen molar-refractivity contribution in [3.8, 4) is 28.5 Å². The van der Waals surface area contributed by atoms with Crippen LogP contribution in [0.3, 0.4) is 0 Å². The van der Waals surface area contributed by atoms with Gasteiger partial charge in [-0.2, -0.15) is 0 Å². The summed E-state index contributed by atoms with van der Waals surface area (Å²) in [6, 6.07) is 14.9. The highest BCUT2D eigenvalue weighted by atomic mass is 32.1. The lowest BCUT2D eigenvalue weighted by atomic mass is 10.1. The highest BCUT2D eigenvalue weighted by Gasteiger charge is 2.28. The molecule has 10 heteroatoms. The van der Waals surface area contributed by atoms with Gasteiger partial charge in [0.05, 0.1) is 32.6 Å². The van der Waals surface area contributed by atoms with Gasteiger partial charge < -0.3 is 19.1 Å². The van der Waals surface area contributed by atoms with Gasteiger partial charge in [0.25, 0.3) is 11.8 Å². The number of halogens is 1. The van der Waals surface area contributed by atoms with Crippen LogP contribution in [-0.2, 0) is 6.42 Å². The number of amides is 2. The number of hydrogen-bond donors (Lipinski definition) is 1. The number of carbonyl (C=O) groups excluding carboxylic acids is 2. The molecule has 2 heterocycles. The highest BCUT2D eigenvalue weighted by molar-refractivity contribution is 7.16. The smallest absolute Gasteiger partial charge is 0.261 e. The van der Waals surface area contributed by atoms with Gasteiger partial charge in [0.1, 0.15) is 5.82 Å². The number of carbonyl (C=O) groups is 2. The van der Waals surface area contributed by atoms with E-state index in [1.807, 2.05) is 25.1 Å². The maximum Gasteiger partial charge on any atom is 0.261 e. The second kappa shape index (κ2) is 10.7. The molecule has 2 amide bonds. The van der Waals surface area contributed by atoms with Crippen LogP contribution in [0.1, 0.15) is 31.2 Å². The van der Waals surface area contributed by atoms with E-state index in [2.05, 4.69) is 10.3 Å². The second-order valence-electron chi connectivity index (χ2n) is 8.82. The third-order valence-corrected chi connectivity index (χ3v) is 7.43. The molecule has 0 bridgehead atoms. The molecular weight excluding hydrogens is 521 g/mol. The average molecular weight is 548 g/mol. The van der Waals surface area contributed by atoms with Crippen molar-refractivity contribution < 1.29 is 28.2 Å². The molecule has 0 spiro atoms. The monoisotopic (exact) mass is 547 g/mol. The van der Waals surface area contributed by atoms with Crippen LogP contribution in [0, 0.1) is 12.7 Å². The Bertz CT molecular complexity index is 1560. The summed E-state index contributed by atoms with van der Waals surface area (Å²) in [6.07, 6.45) is 0.650. The Morgan fingerprint density at radius 2 is 1.72 bits per heavy atom. The van der Waals surface area contributed by atoms with Crippen molar-refractivity contribution in [1.29, 1.82) is 0 Å². The predicted molar refractivity (Wildman–Crippen MR) is 148 cm³/mol. The maximum atomic E-state index is 14.2. The molecule has 39 heavy (non-hydrogen) atoms. The van der Waals surface area contributed by atoms with Gasteiger partial charge >= 0.3 is 0 Å². The lowest BCUT2D eigenvalue weighted by Crippen LogP contribution is -2.29. The minimum atomic E-state index is -0.535. The molecule has 0 aliphatic carbocycles. The molecule has 8 nitrogen and oxygen atoms in total. The number of fused-ring (bicyclic) bond motifs is 1. The van der Waals surface area contributed by atoms with Crippen molar-refractivity contribution >= 4 is 34.0 Å². The summed E-state index contributed by atoms with van der Waals surface area (Å²) in [5, 5.41) is 3.30. The standard InChI is InChI=1S/C29H26FN3O5S/c1-16-25(31-29(39-16)32-27(34)19-14-23(36-2)26(38-4)24(15-19)37-3)18-9-10-22-17(13-18)11-12-33(22)28(35)20-7-5-6-8-21(20)30/h5-10,13-15H,11-12H2,1-4H3,(H,31,32,34). The van der Waals surface area contributed by atoms with Crippen LogP contribution in [0.15, 0.2) is 54.6 Å². The van der Waals surface area contributed by atoms with Crippen molar-refractivity contribution in [1.82, 2.24) is 4.98 Å². The second-order valence-corrected chi connectivity index (χ2v) is 10.0. The van der Waals surface area contributed by atoms with E-state index in [0.717, 1.165) is 27.4 Å². The van der Waals surface area contributed by atoms with Crippen molar-refractivity contribution in [3.05, 3.63) is 82.0 Å². The molecule has 0 saturated heterocycles. The summed E-state index contributed by atoms with van der Waals surface area (Å²) in [6.45, 7) is 2.40. The van der Waals surface area contributed by atoms with Gasteiger partial charge in [-0.25, -0.2) is 9.37 Å². The first-order valence-corrected chi connectivity index (χ1v) is 12.9. The molecule has 0 saturated carbocycles. The lowest BCUT2D eigenvalue weighted by molar-refractivity contribution is 0.0984. The van der Waals surface area contributed by atoms with Crippen molar-refractivity contribution in [2.24, 2.45) is 0 Å². The van der Waals surface area contributed by atoms with Gasteiger partial charge in [-0.1, -0.05) is 18.2 Å². The van der Waals surface area contributed by atoms with Gasteiger partial charge in [-0.05, 0) is 55.3 Å². The fourth-order valence-electron chi connectivity index (χ4n) is 4.64. The Labute approximate surface area is 229 Å². The van der Waals surface area contributed by atoms with Crippen LogP contribution >= 0.6 is 11.3 Å². The molecule has 1 N–H and O–H groups in total. The third kappa shape index (κ3) is 4.90. The number of hydrogen-bond acceptors (Lipinski definition) is 7. The summed E-state index contributed by atoms with van der Waals surface area (Å²) in [7, 11) is 4.47. The summed E-state index contributed by atoms with van der Waals surface area (Å²) in [5.74, 6) is -0.120. The first-order valence-electron chi connectivity index (χ1n) is 12.1. The third-order valence-electron chi connectivity index (χ3n) is 6.54. The Kier molecular flexibility index (Phi) is 7.21. The quantitative estimate of drug-likeness (QED) is 0.318. The maximum absolute atomic E-state index is 14.2. The molecular formula is C29H26FN3O5S. The van der Waals surface area contributed by atoms with E-state index in [9.17, 15) is 14.0 Å². The van der Waals surface area contributed by atoms with Gasteiger partial charge in [-0.15, -0.1) is 11.3 Å². The van der Waals surface area contributed by atoms with Crippen LogP contribution in [0.2, 0.25) is 0 Å². The zero-order valence-corrected chi connectivity index (χ0v) is 22.6. The van der Waals surface area contributed by atoms with Crippen LogP contribution in [0.25, 0.3) is 11.3 Å². The number of benzene rings is 3. The fourth-order valence-corrected chi connectivity index (χ4v) is 5.47. The van der Waals surface area contributed by atoms with Crippen LogP contribution in [0.5, 0.6) is 17.2 Å². The number of methoxy groups -OCH3 is 3. The predicted octanol–water partition coefficient (Wildman–Crippen LogP) is 5.74. The zero-order valence-electron chi connectivity index (χ0n) is 21.8. The molecule has 4 aromatic rings. The number of thiazole rings is 1. The minimum Gasteiger partial charge on any atom is -0.493 e. The largest absolute Gasteiger partial charge is 0.493 e. The Morgan fingerprint density at radius 1 is 1.00 bits per heavy atom. The SMILES string of the molecule is COc1cc(C(=O)Nc2nc(-c3ccc4c(c3)CCN4C(=O)c3ccccc3F)c(C)s2)cc(OC)c1OC. The van der Waals surface area contributed by atoms with Gasteiger partial charge in [0, 0.05) is 28.2 Å². The van der Waals surface area contributed by atoms with E-state index in [4.69, 9.17) is 14.2 Å². The number of nitrogens with zero attached hydrogens (tertiary/aromatic N) is 2. The molecule has 5 rings (SSSR count). The van der Waals surface area contributed by atoms with E-state index in [1.54, 1.807) is 29.2 Å². The van der Waals surface area contributed by atoms with Gasteiger partial charge in [-0.3, -0.25) is 14.9 Å². The molecule has 1 aromatic heterocycles. The van der Waals surface area contributed by atoms with Gasteiger partial charge in [0.15, 0.2) is 16.6 Å². The minimum absolute atomic E-state index is 0.0530. The zero-order chi connectivity index (χ0) is 27.7. The van der Waals surface area contributed by atoms with Gasteiger partial charge in [0.2, 0.25) is 5.75 Å². The summed E-state index contributed by atoms with van der Waals surface area (Å²) >= 11 is 1.36. The van der Waals surface area contributed by atoms with E-state index >= 15 is 0 Å². The topological polar surface area (TPSA) is 90.0 Å². The van der Waals surface area contributed by atoms with Crippen molar-refractivity contribution in [3.63, 3.8) is 0 Å². The highest BCUT2D eigenvalue weighted by Crippen LogP contribution is 2.39. The number of aromatic nitrogens is 1. The summed E-state index contributed by atoms with van der Waals surface area (Å²) in [4.78, 5) is 33.2.